The number of aromatic nitrogens is 2. The average Bonchev–Trinajstić information content (AvgIpc) is 3.48. The first kappa shape index (κ1) is 19.3. The van der Waals surface area contributed by atoms with Gasteiger partial charge in [0.2, 0.25) is 5.91 Å². The van der Waals surface area contributed by atoms with Crippen molar-refractivity contribution in [2.45, 2.75) is 39.7 Å². The van der Waals surface area contributed by atoms with Gasteiger partial charge in [0.15, 0.2) is 0 Å². The zero-order chi connectivity index (χ0) is 20.4. The second-order valence-corrected chi connectivity index (χ2v) is 7.84. The molecule has 2 aromatic carbocycles. The fourth-order valence-corrected chi connectivity index (χ4v) is 3.33. The van der Waals surface area contributed by atoms with Gasteiger partial charge in [-0.2, -0.15) is 5.10 Å². The second kappa shape index (κ2) is 8.15. The van der Waals surface area contributed by atoms with Crippen molar-refractivity contribution in [3.63, 3.8) is 0 Å². The van der Waals surface area contributed by atoms with Crippen molar-refractivity contribution < 1.29 is 14.3 Å². The van der Waals surface area contributed by atoms with Gasteiger partial charge in [-0.25, -0.2) is 4.68 Å². The van der Waals surface area contributed by atoms with Crippen LogP contribution in [0.2, 0.25) is 0 Å². The highest BCUT2D eigenvalue weighted by atomic mass is 16.5. The van der Waals surface area contributed by atoms with E-state index in [1.54, 1.807) is 0 Å². The van der Waals surface area contributed by atoms with E-state index in [0.717, 1.165) is 46.3 Å². The van der Waals surface area contributed by atoms with Crippen LogP contribution in [0, 0.1) is 12.8 Å². The number of carbonyl (C=O) groups is 1. The van der Waals surface area contributed by atoms with Crippen molar-refractivity contribution in [3.8, 4) is 17.2 Å². The van der Waals surface area contributed by atoms with E-state index in [-0.39, 0.29) is 11.9 Å². The number of aryl methyl sites for hydroxylation is 1. The molecule has 0 unspecified atom stereocenters. The lowest BCUT2D eigenvalue weighted by Gasteiger charge is -2.14. The van der Waals surface area contributed by atoms with Crippen LogP contribution >= 0.6 is 0 Å². The van der Waals surface area contributed by atoms with Gasteiger partial charge in [0.1, 0.15) is 18.1 Å². The van der Waals surface area contributed by atoms with E-state index in [4.69, 9.17) is 14.6 Å². The van der Waals surface area contributed by atoms with E-state index >= 15 is 0 Å². The summed E-state index contributed by atoms with van der Waals surface area (Å²) in [5.74, 6) is 2.31. The Kier molecular flexibility index (Phi) is 5.43. The lowest BCUT2D eigenvalue weighted by molar-refractivity contribution is -0.119. The molecule has 0 radical (unpaired) electrons. The standard InChI is InChI=1S/C23H27N3O3/c1-15(24-17(3)27)13-28-20-8-6-19(7-9-20)26-16(2)22-11-10-21(12-23(22)25-26)29-14-18-4-5-18/h6-12,15,18H,4-5,13-14H2,1-3H3,(H,24,27)/t15-/m0/s1. The normalized spacial score (nSPS) is 14.6. The quantitative estimate of drug-likeness (QED) is 0.628. The van der Waals surface area contributed by atoms with Crippen LogP contribution in [0.1, 0.15) is 32.4 Å². The molecule has 0 bridgehead atoms. The van der Waals surface area contributed by atoms with Gasteiger partial charge in [-0.1, -0.05) is 0 Å². The highest BCUT2D eigenvalue weighted by molar-refractivity contribution is 5.83. The molecule has 0 spiro atoms. The Morgan fingerprint density at radius 3 is 2.59 bits per heavy atom. The lowest BCUT2D eigenvalue weighted by Crippen LogP contribution is -2.35. The maximum absolute atomic E-state index is 11.1. The average molecular weight is 393 g/mol. The SMILES string of the molecule is CC(=O)N[C@@H](C)COc1ccc(-n2nc3cc(OCC4CC4)ccc3c2C)cc1. The molecule has 1 aliphatic rings. The molecule has 29 heavy (non-hydrogen) atoms. The van der Waals surface area contributed by atoms with Gasteiger partial charge >= 0.3 is 0 Å². The molecule has 3 aromatic rings. The number of nitrogens with one attached hydrogen (secondary N) is 1. The van der Waals surface area contributed by atoms with Crippen molar-refractivity contribution >= 4 is 16.8 Å². The van der Waals surface area contributed by atoms with Crippen LogP contribution in [-0.4, -0.2) is 34.9 Å². The number of nitrogens with zero attached hydrogens (tertiary/aromatic N) is 2. The molecular formula is C23H27N3O3. The van der Waals surface area contributed by atoms with E-state index in [2.05, 4.69) is 18.3 Å². The van der Waals surface area contributed by atoms with Gasteiger partial charge in [-0.05, 0) is 69.0 Å². The molecule has 1 saturated carbocycles. The van der Waals surface area contributed by atoms with Gasteiger partial charge in [0.25, 0.3) is 0 Å². The zero-order valence-corrected chi connectivity index (χ0v) is 17.1. The molecule has 1 heterocycles. The van der Waals surface area contributed by atoms with Gasteiger partial charge in [0, 0.05) is 24.1 Å². The van der Waals surface area contributed by atoms with Crippen LogP contribution in [0.3, 0.4) is 0 Å². The molecule has 1 N–H and O–H groups in total. The minimum absolute atomic E-state index is 0.0397. The van der Waals surface area contributed by atoms with Gasteiger partial charge in [-0.3, -0.25) is 4.79 Å². The van der Waals surface area contributed by atoms with E-state index in [0.29, 0.717) is 6.61 Å². The minimum Gasteiger partial charge on any atom is -0.493 e. The van der Waals surface area contributed by atoms with Gasteiger partial charge in [-0.15, -0.1) is 0 Å². The molecule has 0 aliphatic heterocycles. The molecule has 1 atom stereocenters. The summed E-state index contributed by atoms with van der Waals surface area (Å²) in [7, 11) is 0. The first-order chi connectivity index (χ1) is 14.0. The first-order valence-corrected chi connectivity index (χ1v) is 10.1. The summed E-state index contributed by atoms with van der Waals surface area (Å²) in [4.78, 5) is 11.1. The highest BCUT2D eigenvalue weighted by Gasteiger charge is 2.22. The van der Waals surface area contributed by atoms with Gasteiger partial charge < -0.3 is 14.8 Å². The molecule has 1 amide bonds. The summed E-state index contributed by atoms with van der Waals surface area (Å²) in [6.45, 7) is 6.71. The fraction of sp³-hybridized carbons (Fsp3) is 0.391. The largest absolute Gasteiger partial charge is 0.493 e. The minimum atomic E-state index is -0.0567. The third kappa shape index (κ3) is 4.70. The van der Waals surface area contributed by atoms with Crippen LogP contribution in [0.4, 0.5) is 0 Å². The van der Waals surface area contributed by atoms with Crippen LogP contribution in [0.5, 0.6) is 11.5 Å². The monoisotopic (exact) mass is 393 g/mol. The van der Waals surface area contributed by atoms with Gasteiger partial charge in [0.05, 0.1) is 23.9 Å². The number of fused-ring (bicyclic) bond motifs is 1. The number of benzene rings is 2. The summed E-state index contributed by atoms with van der Waals surface area (Å²) in [6, 6.07) is 13.9. The van der Waals surface area contributed by atoms with Crippen molar-refractivity contribution in [2.24, 2.45) is 5.92 Å². The molecule has 1 aromatic heterocycles. The Morgan fingerprint density at radius 2 is 1.90 bits per heavy atom. The predicted octanol–water partition coefficient (Wildman–Crippen LogP) is 4.03. The smallest absolute Gasteiger partial charge is 0.217 e. The molecule has 1 aliphatic carbocycles. The Balaban J connectivity index is 1.46. The third-order valence-electron chi connectivity index (χ3n) is 5.10. The second-order valence-electron chi connectivity index (χ2n) is 7.84. The molecular weight excluding hydrogens is 366 g/mol. The molecule has 0 saturated heterocycles. The van der Waals surface area contributed by atoms with E-state index < -0.39 is 0 Å². The van der Waals surface area contributed by atoms with Crippen LogP contribution in [0.25, 0.3) is 16.6 Å². The molecule has 1 fully saturated rings. The van der Waals surface area contributed by atoms with E-state index in [9.17, 15) is 4.79 Å². The van der Waals surface area contributed by atoms with Crippen LogP contribution in [-0.2, 0) is 4.79 Å². The Morgan fingerprint density at radius 1 is 1.17 bits per heavy atom. The van der Waals surface area contributed by atoms with Crippen molar-refractivity contribution in [1.29, 1.82) is 0 Å². The molecule has 4 rings (SSSR count). The predicted molar refractivity (Wildman–Crippen MR) is 113 cm³/mol. The summed E-state index contributed by atoms with van der Waals surface area (Å²) in [6.07, 6.45) is 2.56. The van der Waals surface area contributed by atoms with E-state index in [1.165, 1.54) is 19.8 Å². The molecule has 6 heteroatoms. The van der Waals surface area contributed by atoms with Crippen molar-refractivity contribution in [2.75, 3.05) is 13.2 Å². The topological polar surface area (TPSA) is 65.4 Å². The summed E-state index contributed by atoms with van der Waals surface area (Å²) in [5, 5.41) is 8.70. The number of rotatable bonds is 8. The fourth-order valence-electron chi connectivity index (χ4n) is 3.33. The number of amides is 1. The van der Waals surface area contributed by atoms with E-state index in [1.807, 2.05) is 48.0 Å². The third-order valence-corrected chi connectivity index (χ3v) is 5.10. The zero-order valence-electron chi connectivity index (χ0n) is 17.1. The van der Waals surface area contributed by atoms with Crippen molar-refractivity contribution in [3.05, 3.63) is 48.2 Å². The molecule has 152 valence electrons. The summed E-state index contributed by atoms with van der Waals surface area (Å²) < 4.78 is 13.6. The Hall–Kier alpha value is -3.02. The number of hydrogen-bond acceptors (Lipinski definition) is 4. The number of ether oxygens (including phenoxy) is 2. The maximum Gasteiger partial charge on any atom is 0.217 e. The number of carbonyl (C=O) groups excluding carboxylic acids is 1. The van der Waals surface area contributed by atoms with Crippen LogP contribution < -0.4 is 14.8 Å². The Bertz CT molecular complexity index is 1010. The van der Waals surface area contributed by atoms with Crippen LogP contribution in [0.15, 0.2) is 42.5 Å². The lowest BCUT2D eigenvalue weighted by atomic mass is 10.2. The van der Waals surface area contributed by atoms with Crippen molar-refractivity contribution in [1.82, 2.24) is 15.1 Å². The Labute approximate surface area is 170 Å². The highest BCUT2D eigenvalue weighted by Crippen LogP contribution is 2.31. The number of hydrogen-bond donors (Lipinski definition) is 1. The summed E-state index contributed by atoms with van der Waals surface area (Å²) >= 11 is 0. The molecule has 6 nitrogen and oxygen atoms in total. The first-order valence-electron chi connectivity index (χ1n) is 10.1. The summed E-state index contributed by atoms with van der Waals surface area (Å²) in [5.41, 5.74) is 2.99. The maximum atomic E-state index is 11.1.